The van der Waals surface area contributed by atoms with Crippen LogP contribution in [-0.2, 0) is 15.9 Å². The SMILES string of the molecule is CC(C)(C)OC(=O)NCCC1OCCc2c(Br)cccc21. The monoisotopic (exact) mass is 355 g/mol. The third kappa shape index (κ3) is 4.71. The maximum Gasteiger partial charge on any atom is 0.407 e. The van der Waals surface area contributed by atoms with Crippen LogP contribution in [0.15, 0.2) is 22.7 Å². The maximum atomic E-state index is 11.6. The standard InChI is InChI=1S/C16H22BrNO3/c1-16(2,3)21-15(19)18-9-7-14-12-5-4-6-13(17)11(12)8-10-20-14/h4-6,14H,7-10H2,1-3H3,(H,18,19). The fourth-order valence-electron chi connectivity index (χ4n) is 2.39. The van der Waals surface area contributed by atoms with Gasteiger partial charge in [-0.15, -0.1) is 0 Å². The molecule has 1 aromatic rings. The van der Waals surface area contributed by atoms with Gasteiger partial charge < -0.3 is 14.8 Å². The molecule has 1 heterocycles. The van der Waals surface area contributed by atoms with Gasteiger partial charge in [0.15, 0.2) is 0 Å². The Labute approximate surface area is 134 Å². The van der Waals surface area contributed by atoms with E-state index in [1.807, 2.05) is 26.8 Å². The third-order valence-corrected chi connectivity index (χ3v) is 3.99. The van der Waals surface area contributed by atoms with Crippen LogP contribution >= 0.6 is 15.9 Å². The van der Waals surface area contributed by atoms with E-state index in [1.54, 1.807) is 0 Å². The minimum atomic E-state index is -0.469. The number of halogens is 1. The minimum Gasteiger partial charge on any atom is -0.444 e. The smallest absolute Gasteiger partial charge is 0.407 e. The number of amides is 1. The molecule has 1 aliphatic rings. The van der Waals surface area contributed by atoms with Gasteiger partial charge in [0.1, 0.15) is 5.60 Å². The Bertz CT molecular complexity index is 511. The topological polar surface area (TPSA) is 47.6 Å². The Morgan fingerprint density at radius 2 is 2.24 bits per heavy atom. The van der Waals surface area contributed by atoms with Crippen molar-refractivity contribution in [3.63, 3.8) is 0 Å². The highest BCUT2D eigenvalue weighted by molar-refractivity contribution is 9.10. The summed E-state index contributed by atoms with van der Waals surface area (Å²) in [6.45, 7) is 6.80. The second-order valence-electron chi connectivity index (χ2n) is 6.13. The quantitative estimate of drug-likeness (QED) is 0.891. The molecule has 0 radical (unpaired) electrons. The number of carbonyl (C=O) groups excluding carboxylic acids is 1. The molecule has 5 heteroatoms. The average Bonchev–Trinajstić information content (AvgIpc) is 2.37. The molecule has 0 spiro atoms. The number of fused-ring (bicyclic) bond motifs is 1. The summed E-state index contributed by atoms with van der Waals surface area (Å²) in [4.78, 5) is 11.6. The Morgan fingerprint density at radius 3 is 2.95 bits per heavy atom. The lowest BCUT2D eigenvalue weighted by Crippen LogP contribution is -2.33. The summed E-state index contributed by atoms with van der Waals surface area (Å²) in [5.41, 5.74) is 2.05. The molecule has 0 saturated heterocycles. The predicted octanol–water partition coefficient (Wildman–Crippen LogP) is 3.98. The van der Waals surface area contributed by atoms with Gasteiger partial charge in [0, 0.05) is 11.0 Å². The summed E-state index contributed by atoms with van der Waals surface area (Å²) in [6, 6.07) is 6.17. The number of benzene rings is 1. The van der Waals surface area contributed by atoms with Crippen molar-refractivity contribution in [2.45, 2.75) is 45.3 Å². The summed E-state index contributed by atoms with van der Waals surface area (Å²) < 4.78 is 12.2. The molecule has 0 aliphatic carbocycles. The molecule has 116 valence electrons. The van der Waals surface area contributed by atoms with Crippen LogP contribution in [0.1, 0.15) is 44.4 Å². The lowest BCUT2D eigenvalue weighted by molar-refractivity contribution is 0.0327. The fraction of sp³-hybridized carbons (Fsp3) is 0.562. The van der Waals surface area contributed by atoms with Crippen LogP contribution in [0.4, 0.5) is 4.79 Å². The maximum absolute atomic E-state index is 11.6. The molecular weight excluding hydrogens is 334 g/mol. The van der Waals surface area contributed by atoms with Crippen LogP contribution < -0.4 is 5.32 Å². The molecule has 21 heavy (non-hydrogen) atoms. The number of hydrogen-bond acceptors (Lipinski definition) is 3. The van der Waals surface area contributed by atoms with Crippen LogP contribution in [0.3, 0.4) is 0 Å². The zero-order valence-corrected chi connectivity index (χ0v) is 14.3. The van der Waals surface area contributed by atoms with Crippen molar-refractivity contribution in [3.05, 3.63) is 33.8 Å². The van der Waals surface area contributed by atoms with Crippen molar-refractivity contribution in [2.75, 3.05) is 13.2 Å². The van der Waals surface area contributed by atoms with E-state index in [4.69, 9.17) is 9.47 Å². The predicted molar refractivity (Wildman–Crippen MR) is 85.4 cm³/mol. The largest absolute Gasteiger partial charge is 0.444 e. The van der Waals surface area contributed by atoms with Gasteiger partial charge in [-0.3, -0.25) is 0 Å². The molecule has 2 rings (SSSR count). The van der Waals surface area contributed by atoms with Crippen molar-refractivity contribution >= 4 is 22.0 Å². The van der Waals surface area contributed by atoms with Crippen molar-refractivity contribution < 1.29 is 14.3 Å². The number of hydrogen-bond donors (Lipinski definition) is 1. The van der Waals surface area contributed by atoms with E-state index in [9.17, 15) is 4.79 Å². The van der Waals surface area contributed by atoms with E-state index in [0.29, 0.717) is 13.2 Å². The first kappa shape index (κ1) is 16.3. The first-order valence-electron chi connectivity index (χ1n) is 7.22. The van der Waals surface area contributed by atoms with E-state index < -0.39 is 5.60 Å². The molecule has 1 amide bonds. The van der Waals surface area contributed by atoms with Crippen LogP contribution in [0.5, 0.6) is 0 Å². The molecular formula is C16H22BrNO3. The Balaban J connectivity index is 1.88. The van der Waals surface area contributed by atoms with Gasteiger partial charge in [-0.25, -0.2) is 4.79 Å². The molecule has 1 unspecified atom stereocenters. The van der Waals surface area contributed by atoms with Crippen molar-refractivity contribution in [1.82, 2.24) is 5.32 Å². The van der Waals surface area contributed by atoms with E-state index in [0.717, 1.165) is 17.3 Å². The van der Waals surface area contributed by atoms with Crippen molar-refractivity contribution in [3.8, 4) is 0 Å². The molecule has 1 N–H and O–H groups in total. The summed E-state index contributed by atoms with van der Waals surface area (Å²) in [5.74, 6) is 0. The van der Waals surface area contributed by atoms with E-state index in [1.165, 1.54) is 11.1 Å². The zero-order valence-electron chi connectivity index (χ0n) is 12.7. The second kappa shape index (κ2) is 6.79. The average molecular weight is 356 g/mol. The van der Waals surface area contributed by atoms with E-state index >= 15 is 0 Å². The number of carbonyl (C=O) groups is 1. The van der Waals surface area contributed by atoms with Crippen molar-refractivity contribution in [1.29, 1.82) is 0 Å². The third-order valence-electron chi connectivity index (χ3n) is 3.25. The molecule has 1 atom stereocenters. The molecule has 0 saturated carbocycles. The molecule has 0 bridgehead atoms. The number of alkyl carbamates (subject to hydrolysis) is 1. The van der Waals surface area contributed by atoms with Crippen LogP contribution in [-0.4, -0.2) is 24.8 Å². The first-order valence-corrected chi connectivity index (χ1v) is 8.02. The van der Waals surface area contributed by atoms with Gasteiger partial charge in [-0.05, 0) is 50.8 Å². The first-order chi connectivity index (χ1) is 9.87. The Hall–Kier alpha value is -1.07. The zero-order chi connectivity index (χ0) is 15.5. The normalized spacial score (nSPS) is 18.0. The number of ether oxygens (including phenoxy) is 2. The van der Waals surface area contributed by atoms with Gasteiger partial charge in [-0.1, -0.05) is 28.1 Å². The highest BCUT2D eigenvalue weighted by Crippen LogP contribution is 2.33. The van der Waals surface area contributed by atoms with E-state index in [2.05, 4.69) is 33.4 Å². The van der Waals surface area contributed by atoms with Crippen molar-refractivity contribution in [2.24, 2.45) is 0 Å². The number of nitrogens with one attached hydrogen (secondary N) is 1. The number of rotatable bonds is 3. The molecule has 0 fully saturated rings. The van der Waals surface area contributed by atoms with Crippen LogP contribution in [0.2, 0.25) is 0 Å². The van der Waals surface area contributed by atoms with Gasteiger partial charge in [0.05, 0.1) is 12.7 Å². The Morgan fingerprint density at radius 1 is 1.48 bits per heavy atom. The highest BCUT2D eigenvalue weighted by Gasteiger charge is 2.22. The lowest BCUT2D eigenvalue weighted by Gasteiger charge is -2.27. The summed E-state index contributed by atoms with van der Waals surface area (Å²) >= 11 is 3.59. The molecule has 1 aliphatic heterocycles. The van der Waals surface area contributed by atoms with Gasteiger partial charge >= 0.3 is 6.09 Å². The van der Waals surface area contributed by atoms with E-state index in [-0.39, 0.29) is 12.2 Å². The van der Waals surface area contributed by atoms with Gasteiger partial charge in [0.2, 0.25) is 0 Å². The Kier molecular flexibility index (Phi) is 5.27. The summed E-state index contributed by atoms with van der Waals surface area (Å²) in [6.07, 6.45) is 1.31. The summed E-state index contributed by atoms with van der Waals surface area (Å²) in [7, 11) is 0. The minimum absolute atomic E-state index is 0.0289. The van der Waals surface area contributed by atoms with Crippen LogP contribution in [0.25, 0.3) is 0 Å². The molecule has 0 aromatic heterocycles. The summed E-state index contributed by atoms with van der Waals surface area (Å²) in [5, 5.41) is 2.78. The molecule has 4 nitrogen and oxygen atoms in total. The van der Waals surface area contributed by atoms with Crippen LogP contribution in [0, 0.1) is 0 Å². The van der Waals surface area contributed by atoms with Gasteiger partial charge in [0.25, 0.3) is 0 Å². The highest BCUT2D eigenvalue weighted by atomic mass is 79.9. The second-order valence-corrected chi connectivity index (χ2v) is 6.99. The fourth-order valence-corrected chi connectivity index (χ4v) is 2.97. The lowest BCUT2D eigenvalue weighted by atomic mass is 9.96. The molecule has 1 aromatic carbocycles. The van der Waals surface area contributed by atoms with Gasteiger partial charge in [-0.2, -0.15) is 0 Å².